The van der Waals surface area contributed by atoms with Gasteiger partial charge in [0.15, 0.2) is 0 Å². The Balaban J connectivity index is 3.60. The van der Waals surface area contributed by atoms with Crippen molar-refractivity contribution in [3.63, 3.8) is 0 Å². The quantitative estimate of drug-likeness (QED) is 0.301. The highest BCUT2D eigenvalue weighted by Gasteiger charge is 2.13. The van der Waals surface area contributed by atoms with Gasteiger partial charge >= 0.3 is 12.0 Å². The fourth-order valence-corrected chi connectivity index (χ4v) is 0.400. The Morgan fingerprint density at radius 2 is 2.18 bits per heavy atom. The number of nitrogens with two attached hydrogens (primary N) is 2. The predicted molar refractivity (Wildman–Crippen MR) is 40.6 cm³/mol. The second-order valence-corrected chi connectivity index (χ2v) is 2.04. The second kappa shape index (κ2) is 4.80. The zero-order valence-corrected chi connectivity index (χ0v) is 6.51. The molecule has 64 valence electrons. The molecule has 0 unspecified atom stereocenters. The number of hydroxylamine groups is 1. The third kappa shape index (κ3) is 4.45. The standard InChI is InChI=1S/C4H9N3O3S/c5-2(1-11)3(8)10-7-4(6)9/h2,11H,1,5H2,(H3,6,7,9)/t2-/m0/s1. The average molecular weight is 179 g/mol. The highest BCUT2D eigenvalue weighted by molar-refractivity contribution is 7.80. The number of carbonyl (C=O) groups excluding carboxylic acids is 2. The van der Waals surface area contributed by atoms with E-state index in [0.717, 1.165) is 0 Å². The van der Waals surface area contributed by atoms with Crippen LogP contribution in [0.1, 0.15) is 0 Å². The van der Waals surface area contributed by atoms with Crippen LogP contribution in [0.2, 0.25) is 0 Å². The van der Waals surface area contributed by atoms with Crippen molar-refractivity contribution < 1.29 is 14.4 Å². The minimum atomic E-state index is -0.954. The monoisotopic (exact) mass is 179 g/mol. The van der Waals surface area contributed by atoms with E-state index in [1.54, 1.807) is 5.48 Å². The van der Waals surface area contributed by atoms with E-state index in [-0.39, 0.29) is 5.75 Å². The number of nitrogens with one attached hydrogen (secondary N) is 1. The number of thiol groups is 1. The van der Waals surface area contributed by atoms with Crippen molar-refractivity contribution in [3.8, 4) is 0 Å². The summed E-state index contributed by atoms with van der Waals surface area (Å²) in [5.41, 5.74) is 11.4. The van der Waals surface area contributed by atoms with Crippen molar-refractivity contribution in [2.45, 2.75) is 6.04 Å². The van der Waals surface area contributed by atoms with Crippen LogP contribution in [0.25, 0.3) is 0 Å². The molecule has 5 N–H and O–H groups in total. The molecule has 2 amide bonds. The van der Waals surface area contributed by atoms with Crippen LogP contribution in [0.4, 0.5) is 4.79 Å². The molecule has 0 bridgehead atoms. The lowest BCUT2D eigenvalue weighted by atomic mass is 10.4. The number of carbonyl (C=O) groups is 2. The summed E-state index contributed by atoms with van der Waals surface area (Å²) in [5, 5.41) is 0. The van der Waals surface area contributed by atoms with Crippen molar-refractivity contribution >= 4 is 24.6 Å². The van der Waals surface area contributed by atoms with Crippen molar-refractivity contribution in [3.05, 3.63) is 0 Å². The minimum absolute atomic E-state index is 0.138. The molecule has 0 aromatic rings. The number of hydrogen-bond donors (Lipinski definition) is 4. The first-order chi connectivity index (χ1) is 5.07. The normalized spacial score (nSPS) is 11.8. The first kappa shape index (κ1) is 10.0. The third-order valence-corrected chi connectivity index (χ3v) is 1.15. The smallest absolute Gasteiger partial charge is 0.349 e. The number of urea groups is 1. The van der Waals surface area contributed by atoms with Crippen LogP contribution in [0.15, 0.2) is 0 Å². The van der Waals surface area contributed by atoms with Gasteiger partial charge in [-0.05, 0) is 0 Å². The summed E-state index contributed by atoms with van der Waals surface area (Å²) < 4.78 is 0. The number of amides is 2. The molecule has 6 nitrogen and oxygen atoms in total. The summed E-state index contributed by atoms with van der Waals surface area (Å²) in [5.74, 6) is -0.641. The SMILES string of the molecule is NC(=O)NOC(=O)[C@@H](N)CS. The molecule has 0 saturated carbocycles. The van der Waals surface area contributed by atoms with Gasteiger partial charge in [0.25, 0.3) is 0 Å². The lowest BCUT2D eigenvalue weighted by molar-refractivity contribution is -0.149. The molecule has 0 aromatic heterocycles. The molecule has 0 saturated heterocycles. The number of hydrogen-bond acceptors (Lipinski definition) is 5. The van der Waals surface area contributed by atoms with E-state index in [2.05, 4.69) is 23.2 Å². The summed E-state index contributed by atoms with van der Waals surface area (Å²) in [6.45, 7) is 0. The molecule has 0 aliphatic rings. The Kier molecular flexibility index (Phi) is 4.39. The molecule has 0 aromatic carbocycles. The maximum Gasteiger partial charge on any atom is 0.349 e. The van der Waals surface area contributed by atoms with Gasteiger partial charge in [0, 0.05) is 5.75 Å². The van der Waals surface area contributed by atoms with E-state index in [4.69, 9.17) is 5.73 Å². The minimum Gasteiger partial charge on any atom is -0.349 e. The molecule has 0 rings (SSSR count). The van der Waals surface area contributed by atoms with Crippen LogP contribution >= 0.6 is 12.6 Å². The fraction of sp³-hybridized carbons (Fsp3) is 0.500. The van der Waals surface area contributed by atoms with Crippen molar-refractivity contribution in [2.75, 3.05) is 5.75 Å². The molecule has 11 heavy (non-hydrogen) atoms. The Morgan fingerprint density at radius 1 is 1.64 bits per heavy atom. The van der Waals surface area contributed by atoms with Gasteiger partial charge in [-0.25, -0.2) is 9.59 Å². The van der Waals surface area contributed by atoms with Crippen LogP contribution in [0, 0.1) is 0 Å². The average Bonchev–Trinajstić information content (AvgIpc) is 1.98. The Bertz CT molecular complexity index is 163. The first-order valence-corrected chi connectivity index (χ1v) is 3.33. The van der Waals surface area contributed by atoms with E-state index in [0.29, 0.717) is 0 Å². The van der Waals surface area contributed by atoms with Gasteiger partial charge in [-0.1, -0.05) is 0 Å². The lowest BCUT2D eigenvalue weighted by Crippen LogP contribution is -2.40. The molecule has 0 aliphatic carbocycles. The molecular formula is C4H9N3O3S. The van der Waals surface area contributed by atoms with Crippen LogP contribution < -0.4 is 16.9 Å². The van der Waals surface area contributed by atoms with E-state index in [9.17, 15) is 9.59 Å². The van der Waals surface area contributed by atoms with Gasteiger partial charge in [-0.2, -0.15) is 18.1 Å². The molecule has 0 radical (unpaired) electrons. The molecule has 0 heterocycles. The van der Waals surface area contributed by atoms with Gasteiger partial charge < -0.3 is 16.3 Å². The highest BCUT2D eigenvalue weighted by Crippen LogP contribution is 1.85. The highest BCUT2D eigenvalue weighted by atomic mass is 32.1. The van der Waals surface area contributed by atoms with Gasteiger partial charge in [-0.3, -0.25) is 0 Å². The summed E-state index contributed by atoms with van der Waals surface area (Å²) in [4.78, 5) is 24.7. The van der Waals surface area contributed by atoms with Gasteiger partial charge in [0.2, 0.25) is 0 Å². The van der Waals surface area contributed by atoms with E-state index in [1.165, 1.54) is 0 Å². The topological polar surface area (TPSA) is 107 Å². The van der Waals surface area contributed by atoms with Crippen LogP contribution in [-0.4, -0.2) is 23.8 Å². The summed E-state index contributed by atoms with van der Waals surface area (Å²) in [7, 11) is 0. The summed E-state index contributed by atoms with van der Waals surface area (Å²) in [6, 6.07) is -1.81. The van der Waals surface area contributed by atoms with Crippen LogP contribution in [0.3, 0.4) is 0 Å². The first-order valence-electron chi connectivity index (χ1n) is 2.70. The van der Waals surface area contributed by atoms with Gasteiger partial charge in [0.1, 0.15) is 6.04 Å². The van der Waals surface area contributed by atoms with Crippen molar-refractivity contribution in [1.82, 2.24) is 5.48 Å². The molecule has 0 aliphatic heterocycles. The molecule has 1 atom stereocenters. The maximum absolute atomic E-state index is 10.6. The Labute approximate surface area is 68.6 Å². The Morgan fingerprint density at radius 3 is 2.55 bits per heavy atom. The van der Waals surface area contributed by atoms with Crippen LogP contribution in [0.5, 0.6) is 0 Å². The predicted octanol–water partition coefficient (Wildman–Crippen LogP) is -1.63. The number of rotatable bonds is 2. The third-order valence-electron chi connectivity index (χ3n) is 0.752. The zero-order chi connectivity index (χ0) is 8.85. The maximum atomic E-state index is 10.6. The molecular weight excluding hydrogens is 170 g/mol. The fourth-order valence-electron chi connectivity index (χ4n) is 0.251. The van der Waals surface area contributed by atoms with Gasteiger partial charge in [0.05, 0.1) is 0 Å². The second-order valence-electron chi connectivity index (χ2n) is 1.68. The molecule has 7 heteroatoms. The molecule has 0 spiro atoms. The van der Waals surface area contributed by atoms with Crippen molar-refractivity contribution in [1.29, 1.82) is 0 Å². The summed E-state index contributed by atoms with van der Waals surface area (Å²) >= 11 is 3.73. The van der Waals surface area contributed by atoms with Crippen LogP contribution in [-0.2, 0) is 9.63 Å². The number of primary amides is 1. The Hall–Kier alpha value is -0.950. The van der Waals surface area contributed by atoms with E-state index >= 15 is 0 Å². The van der Waals surface area contributed by atoms with Crippen molar-refractivity contribution in [2.24, 2.45) is 11.5 Å². The molecule has 0 fully saturated rings. The van der Waals surface area contributed by atoms with E-state index < -0.39 is 18.0 Å². The lowest BCUT2D eigenvalue weighted by Gasteiger charge is -2.06. The zero-order valence-electron chi connectivity index (χ0n) is 5.61. The largest absolute Gasteiger partial charge is 0.349 e. The van der Waals surface area contributed by atoms with Gasteiger partial charge in [-0.15, -0.1) is 0 Å². The van der Waals surface area contributed by atoms with E-state index in [1.807, 2.05) is 0 Å². The summed E-state index contributed by atoms with van der Waals surface area (Å²) in [6.07, 6.45) is 0.